The molecule has 0 spiro atoms. The summed E-state index contributed by atoms with van der Waals surface area (Å²) in [5, 5.41) is 5.77. The third kappa shape index (κ3) is 9.09. The van der Waals surface area contributed by atoms with Crippen LogP contribution in [0.25, 0.3) is 0 Å². The fourth-order valence-electron chi connectivity index (χ4n) is 4.85. The monoisotopic (exact) mass is 573 g/mol. The topological polar surface area (TPSA) is 97.0 Å². The second-order valence-electron chi connectivity index (χ2n) is 11.8. The molecule has 0 saturated carbocycles. The Morgan fingerprint density at radius 3 is 2.00 bits per heavy atom. The SMILES string of the molecule is COc1ccc(NC(=O)C(c2cc(C)cc(C)c2)N(C(=O)C(Cc2ccccc2)NC(=O)OC(C)(C)C)C(C)C)cc1. The van der Waals surface area contributed by atoms with E-state index in [0.717, 1.165) is 16.7 Å². The van der Waals surface area contributed by atoms with E-state index < -0.39 is 29.7 Å². The molecule has 0 aliphatic heterocycles. The molecule has 8 nitrogen and oxygen atoms in total. The lowest BCUT2D eigenvalue weighted by Crippen LogP contribution is -2.55. The van der Waals surface area contributed by atoms with Crippen LogP contribution in [0.4, 0.5) is 10.5 Å². The van der Waals surface area contributed by atoms with E-state index in [-0.39, 0.29) is 18.4 Å². The zero-order chi connectivity index (χ0) is 31.0. The van der Waals surface area contributed by atoms with Gasteiger partial charge in [0.2, 0.25) is 5.91 Å². The number of nitrogens with one attached hydrogen (secondary N) is 2. The van der Waals surface area contributed by atoms with Crippen molar-refractivity contribution in [1.29, 1.82) is 0 Å². The van der Waals surface area contributed by atoms with Gasteiger partial charge in [-0.25, -0.2) is 4.79 Å². The molecule has 8 heteroatoms. The molecule has 0 radical (unpaired) electrons. The van der Waals surface area contributed by atoms with Gasteiger partial charge in [-0.3, -0.25) is 9.59 Å². The van der Waals surface area contributed by atoms with Gasteiger partial charge >= 0.3 is 6.09 Å². The van der Waals surface area contributed by atoms with Crippen molar-refractivity contribution in [2.45, 2.75) is 78.6 Å². The second kappa shape index (κ2) is 14.0. The Morgan fingerprint density at radius 2 is 1.48 bits per heavy atom. The highest BCUT2D eigenvalue weighted by molar-refractivity contribution is 5.99. The Morgan fingerprint density at radius 1 is 0.881 bits per heavy atom. The first-order chi connectivity index (χ1) is 19.8. The molecule has 0 saturated heterocycles. The van der Waals surface area contributed by atoms with Crippen LogP contribution >= 0.6 is 0 Å². The standard InChI is InChI=1S/C34H43N3O5/c1-22(2)37(32(39)29(21-25-12-10-9-11-13-25)36-33(40)42-34(5,6)7)30(26-19-23(3)18-24(4)20-26)31(38)35-27-14-16-28(41-8)17-15-27/h9-20,22,29-30H,21H2,1-8H3,(H,35,38)(H,36,40). The molecular weight excluding hydrogens is 530 g/mol. The predicted octanol–water partition coefficient (Wildman–Crippen LogP) is 6.36. The number of carbonyl (C=O) groups is 3. The Bertz CT molecular complexity index is 1340. The zero-order valence-electron chi connectivity index (χ0n) is 25.9. The van der Waals surface area contributed by atoms with Crippen LogP contribution in [0, 0.1) is 13.8 Å². The molecule has 2 unspecified atom stereocenters. The molecule has 0 heterocycles. The summed E-state index contributed by atoms with van der Waals surface area (Å²) in [7, 11) is 1.58. The first-order valence-corrected chi connectivity index (χ1v) is 14.2. The van der Waals surface area contributed by atoms with Crippen LogP contribution in [0.1, 0.15) is 62.9 Å². The third-order valence-corrected chi connectivity index (χ3v) is 6.53. The van der Waals surface area contributed by atoms with Crippen molar-refractivity contribution in [2.24, 2.45) is 0 Å². The number of carbonyl (C=O) groups excluding carboxylic acids is 3. The summed E-state index contributed by atoms with van der Waals surface area (Å²) < 4.78 is 10.8. The predicted molar refractivity (Wildman–Crippen MR) is 166 cm³/mol. The number of alkyl carbamates (subject to hydrolysis) is 1. The Balaban J connectivity index is 2.06. The van der Waals surface area contributed by atoms with Crippen LogP contribution in [-0.2, 0) is 20.7 Å². The van der Waals surface area contributed by atoms with E-state index in [1.165, 1.54) is 0 Å². The number of methoxy groups -OCH3 is 1. The summed E-state index contributed by atoms with van der Waals surface area (Å²) >= 11 is 0. The molecule has 0 aliphatic carbocycles. The lowest BCUT2D eigenvalue weighted by Gasteiger charge is -2.37. The minimum absolute atomic E-state index is 0.224. The highest BCUT2D eigenvalue weighted by Crippen LogP contribution is 2.29. The van der Waals surface area contributed by atoms with Crippen LogP contribution < -0.4 is 15.4 Å². The van der Waals surface area contributed by atoms with Crippen molar-refractivity contribution in [3.8, 4) is 5.75 Å². The fraction of sp³-hybridized carbons (Fsp3) is 0.382. The van der Waals surface area contributed by atoms with Crippen LogP contribution in [0.5, 0.6) is 5.75 Å². The first-order valence-electron chi connectivity index (χ1n) is 14.2. The summed E-state index contributed by atoms with van der Waals surface area (Å²) in [6, 6.07) is 20.0. The number of amides is 3. The molecular formula is C34H43N3O5. The average Bonchev–Trinajstić information content (AvgIpc) is 2.90. The molecule has 2 atom stereocenters. The van der Waals surface area contributed by atoms with E-state index in [4.69, 9.17) is 9.47 Å². The molecule has 3 aromatic rings. The van der Waals surface area contributed by atoms with Crippen molar-refractivity contribution in [3.63, 3.8) is 0 Å². The number of hydrogen-bond acceptors (Lipinski definition) is 5. The molecule has 2 N–H and O–H groups in total. The Labute approximate surface area is 249 Å². The lowest BCUT2D eigenvalue weighted by atomic mass is 9.96. The number of aryl methyl sites for hydroxylation is 2. The van der Waals surface area contributed by atoms with Crippen molar-refractivity contribution in [1.82, 2.24) is 10.2 Å². The number of benzene rings is 3. The minimum Gasteiger partial charge on any atom is -0.497 e. The largest absolute Gasteiger partial charge is 0.497 e. The number of anilines is 1. The summed E-state index contributed by atoms with van der Waals surface area (Å²) in [4.78, 5) is 43.0. The van der Waals surface area contributed by atoms with Crippen LogP contribution in [-0.4, -0.2) is 47.6 Å². The van der Waals surface area contributed by atoms with E-state index in [9.17, 15) is 14.4 Å². The van der Waals surface area contributed by atoms with Crippen LogP contribution in [0.2, 0.25) is 0 Å². The van der Waals surface area contributed by atoms with Gasteiger partial charge in [-0.2, -0.15) is 0 Å². The number of nitrogens with zero attached hydrogens (tertiary/aromatic N) is 1. The van der Waals surface area contributed by atoms with Crippen molar-refractivity contribution < 1.29 is 23.9 Å². The lowest BCUT2D eigenvalue weighted by molar-refractivity contribution is -0.142. The van der Waals surface area contributed by atoms with Gasteiger partial charge in [0, 0.05) is 18.2 Å². The highest BCUT2D eigenvalue weighted by atomic mass is 16.6. The number of rotatable bonds is 10. The summed E-state index contributed by atoms with van der Waals surface area (Å²) in [5.41, 5.74) is 3.30. The van der Waals surface area contributed by atoms with Gasteiger partial charge in [-0.1, -0.05) is 59.7 Å². The maximum absolute atomic E-state index is 14.5. The van der Waals surface area contributed by atoms with Gasteiger partial charge in [0.1, 0.15) is 23.4 Å². The average molecular weight is 574 g/mol. The summed E-state index contributed by atoms with van der Waals surface area (Å²) in [6.45, 7) is 12.9. The molecule has 42 heavy (non-hydrogen) atoms. The molecule has 3 amide bonds. The zero-order valence-corrected chi connectivity index (χ0v) is 25.9. The maximum atomic E-state index is 14.5. The molecule has 3 rings (SSSR count). The normalized spacial score (nSPS) is 12.7. The Kier molecular flexibility index (Phi) is 10.8. The third-order valence-electron chi connectivity index (χ3n) is 6.53. The maximum Gasteiger partial charge on any atom is 0.408 e. The molecule has 224 valence electrons. The summed E-state index contributed by atoms with van der Waals surface area (Å²) in [5.74, 6) is -0.105. The van der Waals surface area contributed by atoms with E-state index in [1.807, 2.05) is 76.2 Å². The van der Waals surface area contributed by atoms with Crippen molar-refractivity contribution in [2.75, 3.05) is 12.4 Å². The molecule has 0 bridgehead atoms. The summed E-state index contributed by atoms with van der Waals surface area (Å²) in [6.07, 6.45) is -0.479. The van der Waals surface area contributed by atoms with Gasteiger partial charge in [-0.15, -0.1) is 0 Å². The molecule has 0 aliphatic rings. The van der Waals surface area contributed by atoms with E-state index in [0.29, 0.717) is 17.0 Å². The minimum atomic E-state index is -0.980. The quantitative estimate of drug-likeness (QED) is 0.294. The molecule has 0 fully saturated rings. The second-order valence-corrected chi connectivity index (χ2v) is 11.8. The number of ether oxygens (including phenoxy) is 2. The van der Waals surface area contributed by atoms with E-state index in [2.05, 4.69) is 10.6 Å². The molecule has 0 aromatic heterocycles. The highest BCUT2D eigenvalue weighted by Gasteiger charge is 2.38. The van der Waals surface area contributed by atoms with Gasteiger partial charge in [0.15, 0.2) is 0 Å². The van der Waals surface area contributed by atoms with E-state index >= 15 is 0 Å². The van der Waals surface area contributed by atoms with Gasteiger partial charge in [0.05, 0.1) is 7.11 Å². The van der Waals surface area contributed by atoms with E-state index in [1.54, 1.807) is 57.0 Å². The smallest absolute Gasteiger partial charge is 0.408 e. The van der Waals surface area contributed by atoms with Gasteiger partial charge < -0.3 is 25.0 Å². The van der Waals surface area contributed by atoms with Crippen LogP contribution in [0.3, 0.4) is 0 Å². The first kappa shape index (κ1) is 32.2. The Hall–Kier alpha value is -4.33. The molecule has 3 aromatic carbocycles. The van der Waals surface area contributed by atoms with Gasteiger partial charge in [-0.05, 0) is 83.9 Å². The fourth-order valence-corrected chi connectivity index (χ4v) is 4.85. The number of hydrogen-bond donors (Lipinski definition) is 2. The van der Waals surface area contributed by atoms with Crippen LogP contribution in [0.15, 0.2) is 72.8 Å². The van der Waals surface area contributed by atoms with Crippen molar-refractivity contribution >= 4 is 23.6 Å². The van der Waals surface area contributed by atoms with Crippen molar-refractivity contribution in [3.05, 3.63) is 95.1 Å². The van der Waals surface area contributed by atoms with Gasteiger partial charge in [0.25, 0.3) is 5.91 Å².